The van der Waals surface area contributed by atoms with Crippen LogP contribution in [0.1, 0.15) is 21.5 Å². The molecular formula is C10H11BCl2O. The molecule has 1 aromatic rings. The summed E-state index contributed by atoms with van der Waals surface area (Å²) in [4.78, 5) is 11.1. The highest BCUT2D eigenvalue weighted by Gasteiger charge is 2.08. The Labute approximate surface area is 94.8 Å². The summed E-state index contributed by atoms with van der Waals surface area (Å²) < 4.78 is 0. The van der Waals surface area contributed by atoms with Gasteiger partial charge in [-0.1, -0.05) is 24.0 Å². The number of alkyl halides is 1. The third kappa shape index (κ3) is 2.76. The second-order valence-electron chi connectivity index (χ2n) is 3.06. The molecule has 0 aromatic heterocycles. The van der Waals surface area contributed by atoms with Gasteiger partial charge in [-0.15, -0.1) is 11.6 Å². The molecule has 0 radical (unpaired) electrons. The van der Waals surface area contributed by atoms with E-state index in [-0.39, 0.29) is 0 Å². The van der Waals surface area contributed by atoms with Crippen LogP contribution in [0.3, 0.4) is 0 Å². The standard InChI is InChI=1S/C10H11BCl2O/c11-6-7-1-2-9(10(13)14)8(5-7)3-4-12/h1-2,5H,3-4,6,11H2. The number of rotatable bonds is 4. The van der Waals surface area contributed by atoms with E-state index < -0.39 is 5.24 Å². The topological polar surface area (TPSA) is 17.1 Å². The summed E-state index contributed by atoms with van der Waals surface area (Å²) in [6, 6.07) is 5.70. The Morgan fingerprint density at radius 3 is 2.64 bits per heavy atom. The van der Waals surface area contributed by atoms with Crippen molar-refractivity contribution in [3.63, 3.8) is 0 Å². The van der Waals surface area contributed by atoms with Crippen LogP contribution in [0.2, 0.25) is 0 Å². The van der Waals surface area contributed by atoms with E-state index in [2.05, 4.69) is 7.85 Å². The fourth-order valence-corrected chi connectivity index (χ4v) is 1.76. The van der Waals surface area contributed by atoms with Crippen LogP contribution in [-0.4, -0.2) is 19.0 Å². The van der Waals surface area contributed by atoms with Crippen molar-refractivity contribution in [2.75, 3.05) is 5.88 Å². The van der Waals surface area contributed by atoms with Crippen molar-refractivity contribution in [3.8, 4) is 0 Å². The molecule has 0 atom stereocenters. The molecule has 0 unspecified atom stereocenters. The molecule has 0 spiro atoms. The zero-order chi connectivity index (χ0) is 10.6. The van der Waals surface area contributed by atoms with Crippen molar-refractivity contribution < 1.29 is 4.79 Å². The van der Waals surface area contributed by atoms with Crippen LogP contribution in [0.15, 0.2) is 18.2 Å². The first-order valence-electron chi connectivity index (χ1n) is 4.56. The fourth-order valence-electron chi connectivity index (χ4n) is 1.37. The third-order valence-corrected chi connectivity index (χ3v) is 2.55. The highest BCUT2D eigenvalue weighted by atomic mass is 35.5. The zero-order valence-corrected chi connectivity index (χ0v) is 9.53. The first-order chi connectivity index (χ1) is 6.69. The molecule has 0 heterocycles. The number of carbonyl (C=O) groups excluding carboxylic acids is 1. The average Bonchev–Trinajstić information content (AvgIpc) is 2.17. The maximum absolute atomic E-state index is 11.1. The van der Waals surface area contributed by atoms with Crippen LogP contribution < -0.4 is 0 Å². The largest absolute Gasteiger partial charge is 0.276 e. The van der Waals surface area contributed by atoms with E-state index in [0.29, 0.717) is 17.9 Å². The Balaban J connectivity index is 3.10. The lowest BCUT2D eigenvalue weighted by atomic mass is 9.93. The Morgan fingerprint density at radius 1 is 1.43 bits per heavy atom. The lowest BCUT2D eigenvalue weighted by Crippen LogP contribution is -2.00. The zero-order valence-electron chi connectivity index (χ0n) is 8.02. The summed E-state index contributed by atoms with van der Waals surface area (Å²) >= 11 is 11.1. The molecule has 1 nitrogen and oxygen atoms in total. The van der Waals surface area contributed by atoms with Crippen molar-refractivity contribution in [1.29, 1.82) is 0 Å². The van der Waals surface area contributed by atoms with Crippen LogP contribution >= 0.6 is 23.2 Å². The van der Waals surface area contributed by atoms with Gasteiger partial charge in [-0.25, -0.2) is 0 Å². The maximum Gasteiger partial charge on any atom is 0.252 e. The number of hydrogen-bond donors (Lipinski definition) is 0. The fraction of sp³-hybridized carbons (Fsp3) is 0.300. The van der Waals surface area contributed by atoms with E-state index in [0.717, 1.165) is 11.9 Å². The molecule has 1 aromatic carbocycles. The summed E-state index contributed by atoms with van der Waals surface area (Å²) in [5.74, 6) is 0.504. The minimum Gasteiger partial charge on any atom is -0.276 e. The molecule has 0 N–H and O–H groups in total. The van der Waals surface area contributed by atoms with Gasteiger partial charge in [-0.3, -0.25) is 4.79 Å². The molecule has 0 aliphatic carbocycles. The SMILES string of the molecule is BCc1ccc(C(=O)Cl)c(CCCl)c1. The predicted octanol–water partition coefficient (Wildman–Crippen LogP) is 1.98. The molecule has 0 aliphatic rings. The summed E-state index contributed by atoms with van der Waals surface area (Å²) in [7, 11) is 2.07. The summed E-state index contributed by atoms with van der Waals surface area (Å²) in [6.07, 6.45) is 1.63. The molecule has 1 rings (SSSR count). The number of aryl methyl sites for hydroxylation is 1. The molecule has 74 valence electrons. The van der Waals surface area contributed by atoms with Crippen LogP contribution in [0.25, 0.3) is 0 Å². The van der Waals surface area contributed by atoms with Gasteiger partial charge < -0.3 is 0 Å². The van der Waals surface area contributed by atoms with Gasteiger partial charge >= 0.3 is 0 Å². The first-order valence-corrected chi connectivity index (χ1v) is 5.48. The van der Waals surface area contributed by atoms with Gasteiger partial charge in [0.05, 0.1) is 0 Å². The Morgan fingerprint density at radius 2 is 2.14 bits per heavy atom. The number of benzene rings is 1. The lowest BCUT2D eigenvalue weighted by Gasteiger charge is -2.06. The van der Waals surface area contributed by atoms with Crippen molar-refractivity contribution in [2.24, 2.45) is 0 Å². The molecule has 0 fully saturated rings. The van der Waals surface area contributed by atoms with Gasteiger partial charge in [0.15, 0.2) is 0 Å². The quantitative estimate of drug-likeness (QED) is 0.438. The Bertz CT molecular complexity index is 339. The molecule has 0 bridgehead atoms. The summed E-state index contributed by atoms with van der Waals surface area (Å²) in [6.45, 7) is 0. The molecule has 0 aliphatic heterocycles. The maximum atomic E-state index is 11.1. The van der Waals surface area contributed by atoms with Crippen molar-refractivity contribution in [3.05, 3.63) is 34.9 Å². The smallest absolute Gasteiger partial charge is 0.252 e. The molecule has 0 saturated heterocycles. The van der Waals surface area contributed by atoms with E-state index in [1.165, 1.54) is 5.56 Å². The van der Waals surface area contributed by atoms with Gasteiger partial charge in [0.2, 0.25) is 0 Å². The molecule has 14 heavy (non-hydrogen) atoms. The second-order valence-corrected chi connectivity index (χ2v) is 3.78. The number of carbonyl (C=O) groups is 1. The van der Waals surface area contributed by atoms with Crippen LogP contribution in [-0.2, 0) is 12.7 Å². The minimum atomic E-state index is -0.409. The number of hydrogen-bond acceptors (Lipinski definition) is 1. The van der Waals surface area contributed by atoms with Crippen molar-refractivity contribution >= 4 is 36.3 Å². The monoisotopic (exact) mass is 228 g/mol. The van der Waals surface area contributed by atoms with Gasteiger partial charge in [0.1, 0.15) is 7.85 Å². The highest BCUT2D eigenvalue weighted by molar-refractivity contribution is 6.67. The highest BCUT2D eigenvalue weighted by Crippen LogP contribution is 2.15. The second kappa shape index (κ2) is 5.42. The van der Waals surface area contributed by atoms with Gasteiger partial charge in [0, 0.05) is 11.4 Å². The van der Waals surface area contributed by atoms with Crippen LogP contribution in [0.4, 0.5) is 0 Å². The number of halogens is 2. The summed E-state index contributed by atoms with van der Waals surface area (Å²) in [5, 5.41) is -0.409. The first kappa shape index (κ1) is 11.6. The van der Waals surface area contributed by atoms with E-state index in [1.54, 1.807) is 6.07 Å². The van der Waals surface area contributed by atoms with E-state index in [4.69, 9.17) is 23.2 Å². The Hall–Kier alpha value is -0.465. The molecule has 0 amide bonds. The minimum absolute atomic E-state index is 0.409. The normalized spacial score (nSPS) is 10.1. The van der Waals surface area contributed by atoms with E-state index in [1.807, 2.05) is 12.1 Å². The van der Waals surface area contributed by atoms with Gasteiger partial charge in [0.25, 0.3) is 5.24 Å². The third-order valence-electron chi connectivity index (χ3n) is 2.15. The van der Waals surface area contributed by atoms with E-state index in [9.17, 15) is 4.79 Å². The summed E-state index contributed by atoms with van der Waals surface area (Å²) in [5.41, 5.74) is 2.72. The van der Waals surface area contributed by atoms with Crippen LogP contribution in [0.5, 0.6) is 0 Å². The molecular weight excluding hydrogens is 218 g/mol. The molecule has 0 saturated carbocycles. The Kier molecular flexibility index (Phi) is 4.50. The van der Waals surface area contributed by atoms with Crippen molar-refractivity contribution in [1.82, 2.24) is 0 Å². The van der Waals surface area contributed by atoms with E-state index >= 15 is 0 Å². The lowest BCUT2D eigenvalue weighted by molar-refractivity contribution is 0.108. The van der Waals surface area contributed by atoms with Crippen LogP contribution in [0, 0.1) is 0 Å². The molecule has 4 heteroatoms. The van der Waals surface area contributed by atoms with Gasteiger partial charge in [-0.05, 0) is 29.7 Å². The average molecular weight is 229 g/mol. The van der Waals surface area contributed by atoms with Gasteiger partial charge in [-0.2, -0.15) is 0 Å². The predicted molar refractivity (Wildman–Crippen MR) is 63.3 cm³/mol. The van der Waals surface area contributed by atoms with Crippen molar-refractivity contribution in [2.45, 2.75) is 12.7 Å².